The largest absolute Gasteiger partial charge is 0.465 e. The van der Waals surface area contributed by atoms with Gasteiger partial charge in [-0.1, -0.05) is 42.0 Å². The highest BCUT2D eigenvalue weighted by Gasteiger charge is 2.22. The molecule has 0 spiro atoms. The molecule has 0 aliphatic heterocycles. The van der Waals surface area contributed by atoms with E-state index in [0.29, 0.717) is 0 Å². The van der Waals surface area contributed by atoms with Gasteiger partial charge in [0.05, 0.1) is 11.0 Å². The third-order valence-electron chi connectivity index (χ3n) is 3.71. The summed E-state index contributed by atoms with van der Waals surface area (Å²) in [6.07, 6.45) is 1.69. The van der Waals surface area contributed by atoms with Crippen LogP contribution in [0.1, 0.15) is 29.9 Å². The van der Waals surface area contributed by atoms with Crippen molar-refractivity contribution in [3.63, 3.8) is 0 Å². The van der Waals surface area contributed by atoms with Crippen LogP contribution in [0, 0.1) is 6.92 Å². The summed E-state index contributed by atoms with van der Waals surface area (Å²) >= 11 is 0. The number of anilines is 1. The molecule has 1 fully saturated rings. The Morgan fingerprint density at radius 1 is 1.22 bits per heavy atom. The summed E-state index contributed by atoms with van der Waals surface area (Å²) in [6, 6.07) is 16.2. The minimum Gasteiger partial charge on any atom is -0.465 e. The number of carbonyl (C=O) groups is 1. The van der Waals surface area contributed by atoms with Crippen molar-refractivity contribution in [1.29, 1.82) is 0 Å². The number of fused-ring (bicyclic) bond motifs is 1. The third kappa shape index (κ3) is 4.10. The van der Waals surface area contributed by atoms with Crippen molar-refractivity contribution in [2.24, 2.45) is 0 Å². The summed E-state index contributed by atoms with van der Waals surface area (Å²) in [5.74, 6) is 1.15. The van der Waals surface area contributed by atoms with E-state index in [1.807, 2.05) is 18.2 Å². The fourth-order valence-corrected chi connectivity index (χ4v) is 2.45. The van der Waals surface area contributed by atoms with Crippen molar-refractivity contribution in [3.05, 3.63) is 59.7 Å². The van der Waals surface area contributed by atoms with Crippen LogP contribution in [0.3, 0.4) is 0 Å². The number of aryl methyl sites for hydroxylation is 1. The van der Waals surface area contributed by atoms with E-state index in [2.05, 4.69) is 46.5 Å². The highest BCUT2D eigenvalue weighted by molar-refractivity contribution is 5.84. The fraction of sp³-hybridized carbons (Fsp3) is 0.222. The molecule has 5 nitrogen and oxygen atoms in total. The Hall–Kier alpha value is -2.82. The van der Waals surface area contributed by atoms with Crippen molar-refractivity contribution in [3.8, 4) is 0 Å². The van der Waals surface area contributed by atoms with Crippen molar-refractivity contribution >= 4 is 23.1 Å². The van der Waals surface area contributed by atoms with Gasteiger partial charge in [0.2, 0.25) is 5.95 Å². The Morgan fingerprint density at radius 2 is 2.00 bits per heavy atom. The SMILES string of the molecule is Cc1cccc(C2CC2)c1.O=C(O)Nc1nc2ccccc2[nH]1. The molecular weight excluding hydrogens is 290 g/mol. The number of nitrogens with one attached hydrogen (secondary N) is 2. The van der Waals surface area contributed by atoms with E-state index < -0.39 is 6.09 Å². The topological polar surface area (TPSA) is 78.0 Å². The Labute approximate surface area is 134 Å². The van der Waals surface area contributed by atoms with E-state index in [4.69, 9.17) is 5.11 Å². The second-order valence-electron chi connectivity index (χ2n) is 5.72. The lowest BCUT2D eigenvalue weighted by atomic mass is 10.1. The van der Waals surface area contributed by atoms with Gasteiger partial charge >= 0.3 is 6.09 Å². The third-order valence-corrected chi connectivity index (χ3v) is 3.71. The zero-order valence-corrected chi connectivity index (χ0v) is 12.9. The number of aromatic amines is 1. The first-order chi connectivity index (χ1) is 11.1. The Bertz CT molecular complexity index is 789. The molecule has 2 aromatic carbocycles. The van der Waals surface area contributed by atoms with Crippen LogP contribution >= 0.6 is 0 Å². The Kier molecular flexibility index (Phi) is 4.28. The standard InChI is InChI=1S/C10H12.C8H7N3O2/c1-8-3-2-4-10(7-8)9-5-6-9;12-8(13)11-7-9-5-3-1-2-4-6(5)10-7/h2-4,7,9H,5-6H2,1H3;1-4H,(H,12,13)(H2,9,10,11). The first-order valence-corrected chi connectivity index (χ1v) is 7.63. The van der Waals surface area contributed by atoms with E-state index in [0.717, 1.165) is 17.0 Å². The highest BCUT2D eigenvalue weighted by Crippen LogP contribution is 2.39. The fourth-order valence-electron chi connectivity index (χ4n) is 2.45. The van der Waals surface area contributed by atoms with Crippen LogP contribution in [-0.4, -0.2) is 21.2 Å². The molecule has 3 aromatic rings. The van der Waals surface area contributed by atoms with Crippen LogP contribution < -0.4 is 5.32 Å². The van der Waals surface area contributed by atoms with Gasteiger partial charge in [-0.3, -0.25) is 5.32 Å². The minimum atomic E-state index is -1.13. The molecule has 4 rings (SSSR count). The smallest absolute Gasteiger partial charge is 0.411 e. The van der Waals surface area contributed by atoms with E-state index in [-0.39, 0.29) is 5.95 Å². The molecule has 1 aromatic heterocycles. The predicted molar refractivity (Wildman–Crippen MR) is 90.9 cm³/mol. The number of imidazole rings is 1. The first-order valence-electron chi connectivity index (χ1n) is 7.63. The van der Waals surface area contributed by atoms with Crippen LogP contribution in [0.2, 0.25) is 0 Å². The Balaban J connectivity index is 0.000000140. The predicted octanol–water partition coefficient (Wildman–Crippen LogP) is 4.53. The molecule has 1 saturated carbocycles. The number of para-hydroxylation sites is 2. The maximum atomic E-state index is 10.3. The Morgan fingerprint density at radius 3 is 2.65 bits per heavy atom. The number of carboxylic acid groups (broad SMARTS) is 1. The van der Waals surface area contributed by atoms with E-state index in [9.17, 15) is 4.79 Å². The van der Waals surface area contributed by atoms with Gasteiger partial charge in [-0.15, -0.1) is 0 Å². The number of aromatic nitrogens is 2. The number of hydrogen-bond donors (Lipinski definition) is 3. The molecule has 0 radical (unpaired) electrons. The number of nitrogens with zero attached hydrogens (tertiary/aromatic N) is 1. The van der Waals surface area contributed by atoms with E-state index in [1.54, 1.807) is 11.6 Å². The average Bonchev–Trinajstić information content (AvgIpc) is 3.28. The van der Waals surface area contributed by atoms with Gasteiger partial charge in [0.15, 0.2) is 0 Å². The van der Waals surface area contributed by atoms with Crippen molar-refractivity contribution in [2.75, 3.05) is 5.32 Å². The summed E-state index contributed by atoms with van der Waals surface area (Å²) in [6.45, 7) is 2.16. The van der Waals surface area contributed by atoms with E-state index >= 15 is 0 Å². The summed E-state index contributed by atoms with van der Waals surface area (Å²) < 4.78 is 0. The zero-order valence-electron chi connectivity index (χ0n) is 12.9. The summed E-state index contributed by atoms with van der Waals surface area (Å²) in [4.78, 5) is 17.1. The summed E-state index contributed by atoms with van der Waals surface area (Å²) in [5, 5.41) is 10.6. The van der Waals surface area contributed by atoms with Gasteiger partial charge in [0, 0.05) is 0 Å². The van der Waals surface area contributed by atoms with Crippen LogP contribution in [0.25, 0.3) is 11.0 Å². The number of benzene rings is 2. The van der Waals surface area contributed by atoms with Gasteiger partial charge < -0.3 is 10.1 Å². The highest BCUT2D eigenvalue weighted by atomic mass is 16.4. The van der Waals surface area contributed by atoms with Crippen molar-refractivity contribution < 1.29 is 9.90 Å². The molecule has 0 saturated heterocycles. The van der Waals surface area contributed by atoms with Gasteiger partial charge in [-0.2, -0.15) is 0 Å². The number of rotatable bonds is 2. The molecule has 1 amide bonds. The van der Waals surface area contributed by atoms with Crippen LogP contribution in [0.5, 0.6) is 0 Å². The molecule has 1 heterocycles. The molecule has 5 heteroatoms. The number of hydrogen-bond acceptors (Lipinski definition) is 2. The van der Waals surface area contributed by atoms with Gasteiger partial charge in [0.1, 0.15) is 0 Å². The second-order valence-corrected chi connectivity index (χ2v) is 5.72. The second kappa shape index (κ2) is 6.52. The maximum absolute atomic E-state index is 10.3. The molecule has 0 bridgehead atoms. The normalized spacial score (nSPS) is 13.3. The number of amides is 1. The van der Waals surface area contributed by atoms with Crippen molar-refractivity contribution in [1.82, 2.24) is 9.97 Å². The minimum absolute atomic E-state index is 0.244. The molecule has 118 valence electrons. The van der Waals surface area contributed by atoms with Crippen molar-refractivity contribution in [2.45, 2.75) is 25.7 Å². The zero-order chi connectivity index (χ0) is 16.2. The molecule has 1 aliphatic carbocycles. The van der Waals surface area contributed by atoms with Gasteiger partial charge in [-0.05, 0) is 43.4 Å². The molecule has 0 atom stereocenters. The van der Waals surface area contributed by atoms with Gasteiger partial charge in [0.25, 0.3) is 0 Å². The van der Waals surface area contributed by atoms with Crippen LogP contribution in [0.15, 0.2) is 48.5 Å². The molecular formula is C18H19N3O2. The number of H-pyrrole nitrogens is 1. The molecule has 3 N–H and O–H groups in total. The molecule has 0 unspecified atom stereocenters. The first kappa shape index (κ1) is 15.1. The summed E-state index contributed by atoms with van der Waals surface area (Å²) in [7, 11) is 0. The molecule has 1 aliphatic rings. The molecule has 23 heavy (non-hydrogen) atoms. The monoisotopic (exact) mass is 309 g/mol. The quantitative estimate of drug-likeness (QED) is 0.651. The van der Waals surface area contributed by atoms with Crippen LogP contribution in [0.4, 0.5) is 10.7 Å². The average molecular weight is 309 g/mol. The lowest BCUT2D eigenvalue weighted by Gasteiger charge is -1.97. The van der Waals surface area contributed by atoms with Gasteiger partial charge in [-0.25, -0.2) is 9.78 Å². The lowest BCUT2D eigenvalue weighted by molar-refractivity contribution is 0.209. The van der Waals surface area contributed by atoms with Crippen LogP contribution in [-0.2, 0) is 0 Å². The summed E-state index contributed by atoms with van der Waals surface area (Å²) in [5.41, 5.74) is 4.49. The maximum Gasteiger partial charge on any atom is 0.411 e. The lowest BCUT2D eigenvalue weighted by Crippen LogP contribution is -2.08. The van der Waals surface area contributed by atoms with E-state index in [1.165, 1.54) is 18.4 Å².